The third kappa shape index (κ3) is 34.8. The first-order valence-electron chi connectivity index (χ1n) is 21.9. The summed E-state index contributed by atoms with van der Waals surface area (Å²) in [6, 6.07) is 0. The third-order valence-corrected chi connectivity index (χ3v) is 10.4. The molecule has 0 aromatic carbocycles. The zero-order valence-corrected chi connectivity index (χ0v) is 32.9. The summed E-state index contributed by atoms with van der Waals surface area (Å²) in [5.74, 6) is -0.0185. The average molecular weight is 661 g/mol. The number of carbonyl (C=O) groups excluding carboxylic acids is 1. The highest BCUT2D eigenvalue weighted by molar-refractivity contribution is 5.87. The van der Waals surface area contributed by atoms with Crippen molar-refractivity contribution in [2.75, 3.05) is 13.1 Å². The van der Waals surface area contributed by atoms with E-state index in [1.807, 2.05) is 0 Å². The second kappa shape index (κ2) is 39.6. The largest absolute Gasteiger partial charge is 0.337 e. The summed E-state index contributed by atoms with van der Waals surface area (Å²) >= 11 is 0. The topological polar surface area (TPSA) is 32.3 Å². The fraction of sp³-hybridized carbons (Fsp3) is 0.932. The first-order chi connectivity index (χ1) is 23.2. The molecule has 0 saturated carbocycles. The zero-order chi connectivity index (χ0) is 34.3. The van der Waals surface area contributed by atoms with Crippen molar-refractivity contribution in [2.24, 2.45) is 0 Å². The molecule has 1 N–H and O–H groups in total. The van der Waals surface area contributed by atoms with Gasteiger partial charge in [0.1, 0.15) is 0 Å². The molecular formula is C44H88N2O. The maximum atomic E-state index is 12.3. The Kier molecular flexibility index (Phi) is 38.9. The predicted octanol–water partition coefficient (Wildman–Crippen LogP) is 14.6. The Hall–Kier alpha value is -0.830. The Bertz CT molecular complexity index is 584. The SMILES string of the molecule is C=CC(=O)NC(CCCC)N(CCCCCCCCCCCCCCCCCC)CCCCCCCCCCCCCCCCCC. The Morgan fingerprint density at radius 2 is 0.702 bits per heavy atom. The van der Waals surface area contributed by atoms with Crippen LogP contribution in [0.2, 0.25) is 0 Å². The molecule has 1 atom stereocenters. The van der Waals surface area contributed by atoms with Gasteiger partial charge >= 0.3 is 0 Å². The summed E-state index contributed by atoms with van der Waals surface area (Å²) in [4.78, 5) is 14.9. The van der Waals surface area contributed by atoms with Gasteiger partial charge < -0.3 is 5.32 Å². The highest BCUT2D eigenvalue weighted by Crippen LogP contribution is 2.17. The van der Waals surface area contributed by atoms with Crippen LogP contribution in [-0.2, 0) is 4.79 Å². The van der Waals surface area contributed by atoms with Crippen LogP contribution < -0.4 is 5.32 Å². The highest BCUT2D eigenvalue weighted by Gasteiger charge is 2.18. The molecule has 3 heteroatoms. The van der Waals surface area contributed by atoms with Crippen molar-refractivity contribution < 1.29 is 4.79 Å². The second-order valence-corrected chi connectivity index (χ2v) is 15.0. The molecule has 0 saturated heterocycles. The fourth-order valence-corrected chi connectivity index (χ4v) is 7.12. The molecule has 0 aliphatic heterocycles. The standard InChI is InChI=1S/C44H88N2O/c1-5-9-12-14-16-18-20-22-24-26-28-30-32-34-36-38-41-46(43(40-11-7-3)45-44(47)8-4)42-39-37-35-33-31-29-27-25-23-21-19-17-15-13-10-6-2/h8,43H,4-7,9-42H2,1-3H3,(H,45,47). The maximum absolute atomic E-state index is 12.3. The molecule has 0 bridgehead atoms. The van der Waals surface area contributed by atoms with Gasteiger partial charge in [0, 0.05) is 13.1 Å². The highest BCUT2D eigenvalue weighted by atomic mass is 16.1. The molecule has 1 unspecified atom stereocenters. The minimum Gasteiger partial charge on any atom is -0.337 e. The van der Waals surface area contributed by atoms with Gasteiger partial charge in [-0.3, -0.25) is 9.69 Å². The van der Waals surface area contributed by atoms with E-state index in [9.17, 15) is 4.79 Å². The van der Waals surface area contributed by atoms with E-state index < -0.39 is 0 Å². The molecule has 280 valence electrons. The lowest BCUT2D eigenvalue weighted by Crippen LogP contribution is -2.48. The van der Waals surface area contributed by atoms with Crippen molar-refractivity contribution in [2.45, 2.75) is 252 Å². The number of unbranched alkanes of at least 4 members (excludes halogenated alkanes) is 31. The smallest absolute Gasteiger partial charge is 0.244 e. The fourth-order valence-electron chi connectivity index (χ4n) is 7.12. The Morgan fingerprint density at radius 1 is 0.447 bits per heavy atom. The Morgan fingerprint density at radius 3 is 0.957 bits per heavy atom. The molecular weight excluding hydrogens is 572 g/mol. The van der Waals surface area contributed by atoms with Crippen LogP contribution in [0.5, 0.6) is 0 Å². The van der Waals surface area contributed by atoms with E-state index in [1.165, 1.54) is 218 Å². The number of nitrogens with zero attached hydrogens (tertiary/aromatic N) is 1. The number of rotatable bonds is 40. The van der Waals surface area contributed by atoms with Gasteiger partial charge in [0.15, 0.2) is 0 Å². The molecule has 0 aromatic rings. The Labute approximate surface area is 297 Å². The van der Waals surface area contributed by atoms with Crippen molar-refractivity contribution >= 4 is 5.91 Å². The maximum Gasteiger partial charge on any atom is 0.244 e. The number of hydrogen-bond donors (Lipinski definition) is 1. The molecule has 0 rings (SSSR count). The van der Waals surface area contributed by atoms with E-state index in [0.717, 1.165) is 25.9 Å². The van der Waals surface area contributed by atoms with Crippen molar-refractivity contribution in [1.29, 1.82) is 0 Å². The van der Waals surface area contributed by atoms with Crippen LogP contribution in [0.3, 0.4) is 0 Å². The van der Waals surface area contributed by atoms with Crippen molar-refractivity contribution in [3.8, 4) is 0 Å². The van der Waals surface area contributed by atoms with Gasteiger partial charge in [-0.1, -0.05) is 233 Å². The van der Waals surface area contributed by atoms with Gasteiger partial charge in [0.2, 0.25) is 5.91 Å². The van der Waals surface area contributed by atoms with Gasteiger partial charge in [-0.15, -0.1) is 0 Å². The summed E-state index contributed by atoms with van der Waals surface area (Å²) in [6.45, 7) is 12.8. The molecule has 0 spiro atoms. The van der Waals surface area contributed by atoms with Crippen LogP contribution >= 0.6 is 0 Å². The number of nitrogens with one attached hydrogen (secondary N) is 1. The summed E-state index contributed by atoms with van der Waals surface area (Å²) in [5, 5.41) is 3.28. The number of amides is 1. The predicted molar refractivity (Wildman–Crippen MR) is 212 cm³/mol. The van der Waals surface area contributed by atoms with Gasteiger partial charge in [0.25, 0.3) is 0 Å². The number of carbonyl (C=O) groups is 1. The minimum atomic E-state index is -0.0185. The summed E-state index contributed by atoms with van der Waals surface area (Å²) in [6.07, 6.45) is 50.1. The van der Waals surface area contributed by atoms with Crippen LogP contribution in [0.25, 0.3) is 0 Å². The average Bonchev–Trinajstić information content (AvgIpc) is 3.08. The van der Waals surface area contributed by atoms with Crippen LogP contribution in [0.4, 0.5) is 0 Å². The van der Waals surface area contributed by atoms with Gasteiger partial charge in [-0.05, 0) is 25.3 Å². The van der Waals surface area contributed by atoms with Crippen molar-refractivity contribution in [3.63, 3.8) is 0 Å². The van der Waals surface area contributed by atoms with Crippen LogP contribution in [0, 0.1) is 0 Å². The third-order valence-electron chi connectivity index (χ3n) is 10.4. The van der Waals surface area contributed by atoms with Crippen LogP contribution in [0.15, 0.2) is 12.7 Å². The van der Waals surface area contributed by atoms with Crippen molar-refractivity contribution in [1.82, 2.24) is 10.2 Å². The van der Waals surface area contributed by atoms with Gasteiger partial charge in [0.05, 0.1) is 6.17 Å². The first-order valence-corrected chi connectivity index (χ1v) is 21.9. The minimum absolute atomic E-state index is 0.0185. The normalized spacial score (nSPS) is 12.2. The quantitative estimate of drug-likeness (QED) is 0.0403. The summed E-state index contributed by atoms with van der Waals surface area (Å²) in [5.41, 5.74) is 0. The van der Waals surface area contributed by atoms with E-state index in [4.69, 9.17) is 0 Å². The second-order valence-electron chi connectivity index (χ2n) is 15.0. The molecule has 0 aliphatic rings. The first kappa shape index (κ1) is 46.2. The van der Waals surface area contributed by atoms with Crippen LogP contribution in [-0.4, -0.2) is 30.1 Å². The number of hydrogen-bond acceptors (Lipinski definition) is 2. The van der Waals surface area contributed by atoms with E-state index in [2.05, 4.69) is 37.6 Å². The summed E-state index contributed by atoms with van der Waals surface area (Å²) < 4.78 is 0. The van der Waals surface area contributed by atoms with E-state index in [0.29, 0.717) is 0 Å². The van der Waals surface area contributed by atoms with Gasteiger partial charge in [-0.25, -0.2) is 0 Å². The summed E-state index contributed by atoms with van der Waals surface area (Å²) in [7, 11) is 0. The van der Waals surface area contributed by atoms with Crippen LogP contribution in [0.1, 0.15) is 245 Å². The van der Waals surface area contributed by atoms with E-state index >= 15 is 0 Å². The molecule has 0 radical (unpaired) electrons. The lowest BCUT2D eigenvalue weighted by Gasteiger charge is -2.32. The monoisotopic (exact) mass is 661 g/mol. The molecule has 0 aromatic heterocycles. The van der Waals surface area contributed by atoms with E-state index in [1.54, 1.807) is 0 Å². The lowest BCUT2D eigenvalue weighted by molar-refractivity contribution is -0.118. The molecule has 1 amide bonds. The molecule has 3 nitrogen and oxygen atoms in total. The van der Waals surface area contributed by atoms with Crippen molar-refractivity contribution in [3.05, 3.63) is 12.7 Å². The molecule has 0 fully saturated rings. The molecule has 47 heavy (non-hydrogen) atoms. The lowest BCUT2D eigenvalue weighted by atomic mass is 10.0. The van der Waals surface area contributed by atoms with Gasteiger partial charge in [-0.2, -0.15) is 0 Å². The zero-order valence-electron chi connectivity index (χ0n) is 32.9. The van der Waals surface area contributed by atoms with E-state index in [-0.39, 0.29) is 12.1 Å². The molecule has 0 heterocycles. The Balaban J connectivity index is 4.08. The molecule has 0 aliphatic carbocycles.